The predicted octanol–water partition coefficient (Wildman–Crippen LogP) is 5.12. The highest BCUT2D eigenvalue weighted by Gasteiger charge is 2.18. The minimum absolute atomic E-state index is 0.0733. The second kappa shape index (κ2) is 5.45. The van der Waals surface area contributed by atoms with Crippen molar-refractivity contribution in [2.24, 2.45) is 5.92 Å². The van der Waals surface area contributed by atoms with E-state index in [0.717, 1.165) is 24.4 Å². The van der Waals surface area contributed by atoms with E-state index in [1.54, 1.807) is 12.1 Å². The number of rotatable bonds is 2. The standard InChI is InChI=1S/C13H16Cl2FN/c1-8-2-4-9(5-3-8)17-10-6-11(14)13(16)12(15)7-10/h6-9,17H,2-5H2,1H3. The summed E-state index contributed by atoms with van der Waals surface area (Å²) in [6, 6.07) is 3.64. The van der Waals surface area contributed by atoms with Gasteiger partial charge in [0.1, 0.15) is 0 Å². The van der Waals surface area contributed by atoms with Gasteiger partial charge in [-0.25, -0.2) is 4.39 Å². The van der Waals surface area contributed by atoms with Crippen LogP contribution in [0.2, 0.25) is 10.0 Å². The fraction of sp³-hybridized carbons (Fsp3) is 0.538. The van der Waals surface area contributed by atoms with E-state index in [2.05, 4.69) is 12.2 Å². The molecule has 0 spiro atoms. The molecule has 94 valence electrons. The molecule has 1 fully saturated rings. The van der Waals surface area contributed by atoms with Crippen LogP contribution in [0.4, 0.5) is 10.1 Å². The topological polar surface area (TPSA) is 12.0 Å². The lowest BCUT2D eigenvalue weighted by Crippen LogP contribution is -2.25. The highest BCUT2D eigenvalue weighted by molar-refractivity contribution is 6.35. The Balaban J connectivity index is 2.04. The molecule has 1 nitrogen and oxygen atoms in total. The molecule has 0 aromatic heterocycles. The van der Waals surface area contributed by atoms with Crippen molar-refractivity contribution in [1.29, 1.82) is 0 Å². The Morgan fingerprint density at radius 2 is 1.65 bits per heavy atom. The summed E-state index contributed by atoms with van der Waals surface area (Å²) in [7, 11) is 0. The molecule has 0 atom stereocenters. The van der Waals surface area contributed by atoms with Crippen molar-refractivity contribution >= 4 is 28.9 Å². The number of anilines is 1. The number of benzene rings is 1. The Bertz CT molecular complexity index is 377. The molecule has 2 rings (SSSR count). The third-order valence-electron chi connectivity index (χ3n) is 3.37. The van der Waals surface area contributed by atoms with Gasteiger partial charge in [-0.1, -0.05) is 30.1 Å². The largest absolute Gasteiger partial charge is 0.382 e. The summed E-state index contributed by atoms with van der Waals surface area (Å²) in [6.07, 6.45) is 4.77. The molecule has 17 heavy (non-hydrogen) atoms. The van der Waals surface area contributed by atoms with Gasteiger partial charge >= 0.3 is 0 Å². The van der Waals surface area contributed by atoms with Crippen molar-refractivity contribution in [3.63, 3.8) is 0 Å². The van der Waals surface area contributed by atoms with Gasteiger partial charge in [0, 0.05) is 11.7 Å². The van der Waals surface area contributed by atoms with Crippen LogP contribution >= 0.6 is 23.2 Å². The van der Waals surface area contributed by atoms with Crippen LogP contribution in [0.1, 0.15) is 32.6 Å². The van der Waals surface area contributed by atoms with Crippen LogP contribution < -0.4 is 5.32 Å². The maximum absolute atomic E-state index is 13.2. The summed E-state index contributed by atoms with van der Waals surface area (Å²) in [4.78, 5) is 0. The first-order valence-corrected chi connectivity index (χ1v) is 6.73. The van der Waals surface area contributed by atoms with Crippen LogP contribution in [0.15, 0.2) is 12.1 Å². The first-order chi connectivity index (χ1) is 8.06. The van der Waals surface area contributed by atoms with Crippen molar-refractivity contribution in [3.05, 3.63) is 28.0 Å². The lowest BCUT2D eigenvalue weighted by Gasteiger charge is -2.27. The lowest BCUT2D eigenvalue weighted by molar-refractivity contribution is 0.361. The van der Waals surface area contributed by atoms with Crippen LogP contribution in [-0.4, -0.2) is 6.04 Å². The summed E-state index contributed by atoms with van der Waals surface area (Å²) in [5.41, 5.74) is 0.806. The lowest BCUT2D eigenvalue weighted by atomic mass is 9.87. The number of hydrogen-bond donors (Lipinski definition) is 1. The molecular formula is C13H16Cl2FN. The highest BCUT2D eigenvalue weighted by atomic mass is 35.5. The molecule has 1 N–H and O–H groups in total. The smallest absolute Gasteiger partial charge is 0.160 e. The summed E-state index contributed by atoms with van der Waals surface area (Å²) >= 11 is 11.5. The first-order valence-electron chi connectivity index (χ1n) is 5.97. The van der Waals surface area contributed by atoms with Gasteiger partial charge in [0.25, 0.3) is 0 Å². The molecule has 4 heteroatoms. The van der Waals surface area contributed by atoms with E-state index in [0.29, 0.717) is 6.04 Å². The molecule has 0 unspecified atom stereocenters. The third-order valence-corrected chi connectivity index (χ3v) is 3.92. The fourth-order valence-corrected chi connectivity index (χ4v) is 2.77. The molecule has 0 aliphatic heterocycles. The Morgan fingerprint density at radius 1 is 1.12 bits per heavy atom. The van der Waals surface area contributed by atoms with Crippen molar-refractivity contribution < 1.29 is 4.39 Å². The summed E-state index contributed by atoms with van der Waals surface area (Å²) in [5, 5.41) is 3.52. The van der Waals surface area contributed by atoms with Crippen molar-refractivity contribution in [1.82, 2.24) is 0 Å². The van der Waals surface area contributed by atoms with Crippen LogP contribution in [0, 0.1) is 11.7 Å². The first kappa shape index (κ1) is 13.0. The SMILES string of the molecule is CC1CCC(Nc2cc(Cl)c(F)c(Cl)c2)CC1. The van der Waals surface area contributed by atoms with E-state index >= 15 is 0 Å². The van der Waals surface area contributed by atoms with Crippen molar-refractivity contribution in [3.8, 4) is 0 Å². The van der Waals surface area contributed by atoms with Crippen LogP contribution in [-0.2, 0) is 0 Å². The normalized spacial score (nSPS) is 24.7. The molecule has 1 aromatic carbocycles. The average Bonchev–Trinajstić information content (AvgIpc) is 2.29. The minimum Gasteiger partial charge on any atom is -0.382 e. The average molecular weight is 276 g/mol. The fourth-order valence-electron chi connectivity index (χ4n) is 2.28. The van der Waals surface area contributed by atoms with E-state index in [1.165, 1.54) is 12.8 Å². The van der Waals surface area contributed by atoms with Crippen LogP contribution in [0.5, 0.6) is 0 Å². The number of nitrogens with one attached hydrogen (secondary N) is 1. The molecule has 0 radical (unpaired) electrons. The second-order valence-electron chi connectivity index (χ2n) is 4.86. The summed E-state index contributed by atoms with van der Waals surface area (Å²) < 4.78 is 13.2. The maximum atomic E-state index is 13.2. The Labute approximate surface area is 111 Å². The molecule has 1 aliphatic rings. The molecule has 1 aromatic rings. The molecule has 1 saturated carbocycles. The van der Waals surface area contributed by atoms with Gasteiger partial charge in [-0.15, -0.1) is 0 Å². The Morgan fingerprint density at radius 3 is 2.18 bits per heavy atom. The Hall–Kier alpha value is -0.470. The van der Waals surface area contributed by atoms with E-state index < -0.39 is 5.82 Å². The van der Waals surface area contributed by atoms with E-state index in [4.69, 9.17) is 23.2 Å². The molecule has 0 heterocycles. The number of hydrogen-bond acceptors (Lipinski definition) is 1. The molecular weight excluding hydrogens is 260 g/mol. The highest BCUT2D eigenvalue weighted by Crippen LogP contribution is 2.30. The van der Waals surface area contributed by atoms with E-state index in [1.807, 2.05) is 0 Å². The van der Waals surface area contributed by atoms with E-state index in [9.17, 15) is 4.39 Å². The molecule has 1 aliphatic carbocycles. The van der Waals surface area contributed by atoms with Gasteiger partial charge in [-0.3, -0.25) is 0 Å². The molecule has 0 bridgehead atoms. The quantitative estimate of drug-likeness (QED) is 0.739. The van der Waals surface area contributed by atoms with Gasteiger partial charge in [-0.2, -0.15) is 0 Å². The predicted molar refractivity (Wildman–Crippen MR) is 71.5 cm³/mol. The third kappa shape index (κ3) is 3.26. The zero-order valence-electron chi connectivity index (χ0n) is 9.77. The maximum Gasteiger partial charge on any atom is 0.160 e. The molecule has 0 saturated heterocycles. The zero-order chi connectivity index (χ0) is 12.4. The molecule has 0 amide bonds. The van der Waals surface area contributed by atoms with Gasteiger partial charge in [0.2, 0.25) is 0 Å². The summed E-state index contributed by atoms with van der Waals surface area (Å²) in [5.74, 6) is 0.268. The monoisotopic (exact) mass is 275 g/mol. The van der Waals surface area contributed by atoms with Crippen molar-refractivity contribution in [2.75, 3.05) is 5.32 Å². The van der Waals surface area contributed by atoms with Gasteiger partial charge < -0.3 is 5.32 Å². The Kier molecular flexibility index (Phi) is 4.16. The van der Waals surface area contributed by atoms with Gasteiger partial charge in [0.15, 0.2) is 5.82 Å². The number of halogens is 3. The van der Waals surface area contributed by atoms with Crippen LogP contribution in [0.3, 0.4) is 0 Å². The van der Waals surface area contributed by atoms with Gasteiger partial charge in [0.05, 0.1) is 10.0 Å². The zero-order valence-corrected chi connectivity index (χ0v) is 11.3. The van der Waals surface area contributed by atoms with E-state index in [-0.39, 0.29) is 10.0 Å². The van der Waals surface area contributed by atoms with Crippen molar-refractivity contribution in [2.45, 2.75) is 38.6 Å². The summed E-state index contributed by atoms with van der Waals surface area (Å²) in [6.45, 7) is 2.28. The van der Waals surface area contributed by atoms with Gasteiger partial charge in [-0.05, 0) is 43.7 Å². The minimum atomic E-state index is -0.545. The van der Waals surface area contributed by atoms with Crippen LogP contribution in [0.25, 0.3) is 0 Å². The second-order valence-corrected chi connectivity index (χ2v) is 5.67.